The Morgan fingerprint density at radius 3 is 2.33 bits per heavy atom. The van der Waals surface area contributed by atoms with Crippen LogP contribution >= 0.6 is 0 Å². The third-order valence-electron chi connectivity index (χ3n) is 4.12. The first-order valence-corrected chi connectivity index (χ1v) is 8.41. The van der Waals surface area contributed by atoms with E-state index >= 15 is 0 Å². The van der Waals surface area contributed by atoms with E-state index in [1.54, 1.807) is 19.1 Å². The van der Waals surface area contributed by atoms with Gasteiger partial charge in [-0.05, 0) is 49.6 Å². The van der Waals surface area contributed by atoms with Gasteiger partial charge in [0.1, 0.15) is 19.5 Å². The van der Waals surface area contributed by atoms with E-state index in [-0.39, 0.29) is 18.1 Å². The minimum absolute atomic E-state index is 0.0194. The highest BCUT2D eigenvalue weighted by Crippen LogP contribution is 2.25. The number of hydrogen-bond donors (Lipinski definition) is 0. The van der Waals surface area contributed by atoms with Crippen molar-refractivity contribution in [1.82, 2.24) is 0 Å². The van der Waals surface area contributed by atoms with Gasteiger partial charge in [-0.1, -0.05) is 29.4 Å². The molecule has 0 saturated heterocycles. The normalized spacial score (nSPS) is 11.1. The molecule has 0 fully saturated rings. The van der Waals surface area contributed by atoms with Gasteiger partial charge in [0.25, 0.3) is 0 Å². The summed E-state index contributed by atoms with van der Waals surface area (Å²) in [7, 11) is 2.65. The third-order valence-corrected chi connectivity index (χ3v) is 4.12. The maximum absolute atomic E-state index is 12.0. The lowest BCUT2D eigenvalue weighted by Crippen LogP contribution is -2.19. The van der Waals surface area contributed by atoms with Crippen molar-refractivity contribution in [2.24, 2.45) is 5.16 Å². The van der Waals surface area contributed by atoms with Crippen LogP contribution in [-0.4, -0.2) is 31.7 Å². The van der Waals surface area contributed by atoms with Crippen molar-refractivity contribution in [1.29, 1.82) is 0 Å². The summed E-state index contributed by atoms with van der Waals surface area (Å²) in [5, 5.41) is 3.79. The standard InChI is InChI=1S/C21H23NO5/c1-13-11-19(14(2)10-18(13)15(3)23)27-12-16-8-6-7-9-17(16)20(22-26-5)21(24)25-4/h6-11H,12H2,1-5H3. The Hall–Kier alpha value is -3.15. The summed E-state index contributed by atoms with van der Waals surface area (Å²) in [5.41, 5.74) is 3.79. The molecule has 0 aliphatic carbocycles. The predicted molar refractivity (Wildman–Crippen MR) is 102 cm³/mol. The number of benzene rings is 2. The summed E-state index contributed by atoms with van der Waals surface area (Å²) < 4.78 is 10.7. The van der Waals surface area contributed by atoms with Crippen molar-refractivity contribution in [3.8, 4) is 5.75 Å². The molecule has 0 amide bonds. The van der Waals surface area contributed by atoms with Crippen LogP contribution in [0.2, 0.25) is 0 Å². The van der Waals surface area contributed by atoms with E-state index in [0.717, 1.165) is 16.7 Å². The third kappa shape index (κ3) is 4.73. The zero-order valence-electron chi connectivity index (χ0n) is 16.2. The van der Waals surface area contributed by atoms with Gasteiger partial charge in [-0.2, -0.15) is 0 Å². The highest BCUT2D eigenvalue weighted by Gasteiger charge is 2.19. The van der Waals surface area contributed by atoms with Gasteiger partial charge in [-0.3, -0.25) is 4.79 Å². The number of carbonyl (C=O) groups is 2. The average molecular weight is 369 g/mol. The molecule has 0 aromatic heterocycles. The molecule has 142 valence electrons. The first kappa shape index (κ1) is 20.2. The largest absolute Gasteiger partial charge is 0.489 e. The van der Waals surface area contributed by atoms with Crippen molar-refractivity contribution < 1.29 is 23.9 Å². The molecule has 0 spiro atoms. The topological polar surface area (TPSA) is 74.2 Å². The number of hydrogen-bond acceptors (Lipinski definition) is 6. The van der Waals surface area contributed by atoms with E-state index in [2.05, 4.69) is 5.16 Å². The van der Waals surface area contributed by atoms with Crippen LogP contribution in [0.5, 0.6) is 5.75 Å². The Morgan fingerprint density at radius 1 is 1.00 bits per heavy atom. The summed E-state index contributed by atoms with van der Waals surface area (Å²) in [4.78, 5) is 28.5. The molecular formula is C21H23NO5. The van der Waals surface area contributed by atoms with Gasteiger partial charge < -0.3 is 14.3 Å². The molecule has 6 nitrogen and oxygen atoms in total. The molecule has 0 N–H and O–H groups in total. The van der Waals surface area contributed by atoms with E-state index < -0.39 is 5.97 Å². The van der Waals surface area contributed by atoms with E-state index in [4.69, 9.17) is 14.3 Å². The Morgan fingerprint density at radius 2 is 1.70 bits per heavy atom. The quantitative estimate of drug-likeness (QED) is 0.323. The molecule has 2 aromatic rings. The van der Waals surface area contributed by atoms with Crippen molar-refractivity contribution in [3.05, 3.63) is 64.2 Å². The minimum Gasteiger partial charge on any atom is -0.489 e. The minimum atomic E-state index is -0.595. The van der Waals surface area contributed by atoms with Crippen LogP contribution < -0.4 is 4.74 Å². The first-order valence-electron chi connectivity index (χ1n) is 8.41. The number of nitrogens with zero attached hydrogens (tertiary/aromatic N) is 1. The smallest absolute Gasteiger partial charge is 0.360 e. The molecule has 0 saturated carbocycles. The molecule has 0 aliphatic rings. The molecule has 6 heteroatoms. The zero-order valence-corrected chi connectivity index (χ0v) is 16.2. The van der Waals surface area contributed by atoms with E-state index in [9.17, 15) is 9.59 Å². The summed E-state index contributed by atoms with van der Waals surface area (Å²) in [5.74, 6) is 0.101. The number of ketones is 1. The number of carbonyl (C=O) groups excluding carboxylic acids is 2. The second-order valence-corrected chi connectivity index (χ2v) is 6.05. The van der Waals surface area contributed by atoms with Gasteiger partial charge in [0.2, 0.25) is 0 Å². The molecule has 0 unspecified atom stereocenters. The van der Waals surface area contributed by atoms with Crippen LogP contribution in [0.3, 0.4) is 0 Å². The van der Waals surface area contributed by atoms with Crippen LogP contribution in [0.25, 0.3) is 0 Å². The van der Waals surface area contributed by atoms with Crippen molar-refractivity contribution in [3.63, 3.8) is 0 Å². The van der Waals surface area contributed by atoms with Gasteiger partial charge in [-0.15, -0.1) is 0 Å². The zero-order chi connectivity index (χ0) is 20.0. The van der Waals surface area contributed by atoms with Crippen LogP contribution in [-0.2, 0) is 21.0 Å². The monoisotopic (exact) mass is 369 g/mol. The van der Waals surface area contributed by atoms with Crippen LogP contribution in [0.1, 0.15) is 39.5 Å². The fraction of sp³-hybridized carbons (Fsp3) is 0.286. The summed E-state index contributed by atoms with van der Waals surface area (Å²) >= 11 is 0. The Kier molecular flexibility index (Phi) is 6.71. The first-order chi connectivity index (χ1) is 12.9. The number of Topliss-reactive ketones (excluding diaryl/α,β-unsaturated/α-hetero) is 1. The predicted octanol–water partition coefficient (Wildman–Crippen LogP) is 3.61. The Labute approximate surface area is 158 Å². The van der Waals surface area contributed by atoms with Crippen molar-refractivity contribution in [2.75, 3.05) is 14.2 Å². The molecule has 0 atom stereocenters. The van der Waals surface area contributed by atoms with E-state index in [1.165, 1.54) is 14.2 Å². The van der Waals surface area contributed by atoms with E-state index in [1.807, 2.05) is 38.1 Å². The number of methoxy groups -OCH3 is 1. The van der Waals surface area contributed by atoms with Crippen LogP contribution in [0, 0.1) is 13.8 Å². The molecule has 0 radical (unpaired) electrons. The maximum Gasteiger partial charge on any atom is 0.360 e. The van der Waals surface area contributed by atoms with Gasteiger partial charge in [0, 0.05) is 11.1 Å². The second kappa shape index (κ2) is 8.98. The fourth-order valence-electron chi connectivity index (χ4n) is 2.74. The summed E-state index contributed by atoms with van der Waals surface area (Å²) in [6, 6.07) is 10.9. The Balaban J connectivity index is 2.32. The molecule has 2 aromatic carbocycles. The summed E-state index contributed by atoms with van der Waals surface area (Å²) in [6.45, 7) is 5.52. The lowest BCUT2D eigenvalue weighted by atomic mass is 10.0. The maximum atomic E-state index is 12.0. The van der Waals surface area contributed by atoms with Crippen molar-refractivity contribution in [2.45, 2.75) is 27.4 Å². The van der Waals surface area contributed by atoms with Gasteiger partial charge >= 0.3 is 5.97 Å². The lowest BCUT2D eigenvalue weighted by Gasteiger charge is -2.14. The SMILES string of the molecule is CON=C(C(=O)OC)c1ccccc1COc1cc(C)c(C(C)=O)cc1C. The van der Waals surface area contributed by atoms with Gasteiger partial charge in [-0.25, -0.2) is 4.79 Å². The molecule has 0 bridgehead atoms. The number of rotatable bonds is 7. The number of ether oxygens (including phenoxy) is 2. The van der Waals surface area contributed by atoms with Crippen molar-refractivity contribution >= 4 is 17.5 Å². The second-order valence-electron chi connectivity index (χ2n) is 6.05. The van der Waals surface area contributed by atoms with E-state index in [0.29, 0.717) is 16.9 Å². The molecule has 27 heavy (non-hydrogen) atoms. The Bertz CT molecular complexity index is 886. The van der Waals surface area contributed by atoms with Gasteiger partial charge in [0.15, 0.2) is 11.5 Å². The number of aryl methyl sites for hydroxylation is 2. The van der Waals surface area contributed by atoms with Crippen LogP contribution in [0.15, 0.2) is 41.6 Å². The summed E-state index contributed by atoms with van der Waals surface area (Å²) in [6.07, 6.45) is 0. The molecule has 0 heterocycles. The highest BCUT2D eigenvalue weighted by atomic mass is 16.6. The fourth-order valence-corrected chi connectivity index (χ4v) is 2.74. The number of esters is 1. The molecule has 2 rings (SSSR count). The molecular weight excluding hydrogens is 346 g/mol. The lowest BCUT2D eigenvalue weighted by molar-refractivity contribution is -0.132. The van der Waals surface area contributed by atoms with Crippen LogP contribution in [0.4, 0.5) is 0 Å². The highest BCUT2D eigenvalue weighted by molar-refractivity contribution is 6.43. The molecule has 0 aliphatic heterocycles. The average Bonchev–Trinajstić information content (AvgIpc) is 2.66. The number of oxime groups is 1. The van der Waals surface area contributed by atoms with Gasteiger partial charge in [0.05, 0.1) is 7.11 Å².